The predicted octanol–water partition coefficient (Wildman–Crippen LogP) is 3.52. The summed E-state index contributed by atoms with van der Waals surface area (Å²) in [6.45, 7) is 3.99. The minimum absolute atomic E-state index is 0.130. The van der Waals surface area contributed by atoms with Crippen LogP contribution in [0.5, 0.6) is 0 Å². The fraction of sp³-hybridized carbons (Fsp3) is 0.200. The van der Waals surface area contributed by atoms with Gasteiger partial charge in [-0.05, 0) is 43.7 Å². The summed E-state index contributed by atoms with van der Waals surface area (Å²) < 4.78 is 14.7. The van der Waals surface area contributed by atoms with Crippen LogP contribution >= 0.6 is 11.8 Å². The van der Waals surface area contributed by atoms with Crippen LogP contribution in [-0.4, -0.2) is 30.7 Å². The van der Waals surface area contributed by atoms with Crippen LogP contribution in [0, 0.1) is 12.7 Å². The maximum absolute atomic E-state index is 13.0. The van der Waals surface area contributed by atoms with Crippen molar-refractivity contribution in [2.75, 3.05) is 0 Å². The van der Waals surface area contributed by atoms with Gasteiger partial charge in [0.25, 0.3) is 0 Å². The standard InChI is InChI=1S/C20H18FN5OS/c1-12(19(27)22-11-14-7-9-15(21)10-8-14)28-20-24-17-6-4-3-5-16(17)18-23-13(2)25-26(18)20/h3-10,12H,11H2,1-2H3,(H,22,27). The molecule has 0 bridgehead atoms. The summed E-state index contributed by atoms with van der Waals surface area (Å²) in [4.78, 5) is 21.7. The number of carbonyl (C=O) groups is 1. The molecule has 28 heavy (non-hydrogen) atoms. The normalized spacial score (nSPS) is 12.4. The molecule has 2 aromatic heterocycles. The molecular weight excluding hydrogens is 377 g/mol. The van der Waals surface area contributed by atoms with E-state index in [-0.39, 0.29) is 17.0 Å². The Kier molecular flexibility index (Phi) is 4.95. The number of hydrogen-bond donors (Lipinski definition) is 1. The minimum Gasteiger partial charge on any atom is -0.351 e. The Morgan fingerprint density at radius 3 is 2.71 bits per heavy atom. The molecule has 1 amide bonds. The first-order chi connectivity index (χ1) is 13.5. The van der Waals surface area contributed by atoms with E-state index in [0.717, 1.165) is 22.1 Å². The fourth-order valence-corrected chi connectivity index (χ4v) is 3.74. The SMILES string of the molecule is Cc1nc2c3ccccc3nc(SC(C)C(=O)NCc3ccc(F)cc3)n2n1. The molecule has 1 atom stereocenters. The first-order valence-electron chi connectivity index (χ1n) is 8.82. The van der Waals surface area contributed by atoms with E-state index in [4.69, 9.17) is 0 Å². The molecule has 0 radical (unpaired) electrons. The molecule has 4 aromatic rings. The third kappa shape index (κ3) is 3.68. The lowest BCUT2D eigenvalue weighted by molar-refractivity contribution is -0.120. The van der Waals surface area contributed by atoms with E-state index in [1.807, 2.05) is 38.1 Å². The molecule has 0 aliphatic carbocycles. The monoisotopic (exact) mass is 395 g/mol. The summed E-state index contributed by atoms with van der Waals surface area (Å²) >= 11 is 1.32. The zero-order chi connectivity index (χ0) is 19.7. The molecule has 0 fully saturated rings. The van der Waals surface area contributed by atoms with Crippen LogP contribution in [-0.2, 0) is 11.3 Å². The van der Waals surface area contributed by atoms with Gasteiger partial charge in [-0.2, -0.15) is 4.52 Å². The molecule has 0 saturated heterocycles. The number of amides is 1. The Balaban J connectivity index is 1.54. The van der Waals surface area contributed by atoms with E-state index in [1.54, 1.807) is 16.6 Å². The van der Waals surface area contributed by atoms with Crippen molar-refractivity contribution in [3.8, 4) is 0 Å². The van der Waals surface area contributed by atoms with E-state index < -0.39 is 0 Å². The highest BCUT2D eigenvalue weighted by Gasteiger charge is 2.19. The topological polar surface area (TPSA) is 72.2 Å². The zero-order valence-electron chi connectivity index (χ0n) is 15.4. The van der Waals surface area contributed by atoms with Crippen LogP contribution in [0.25, 0.3) is 16.6 Å². The van der Waals surface area contributed by atoms with Crippen molar-refractivity contribution < 1.29 is 9.18 Å². The Bertz CT molecular complexity index is 1160. The van der Waals surface area contributed by atoms with Gasteiger partial charge in [0.1, 0.15) is 11.6 Å². The van der Waals surface area contributed by atoms with Gasteiger partial charge in [0.05, 0.1) is 10.8 Å². The average Bonchev–Trinajstić information content (AvgIpc) is 3.09. The van der Waals surface area contributed by atoms with E-state index in [2.05, 4.69) is 20.4 Å². The molecule has 0 saturated carbocycles. The number of benzene rings is 2. The first kappa shape index (κ1) is 18.4. The number of fused-ring (bicyclic) bond motifs is 3. The number of nitrogens with zero attached hydrogens (tertiary/aromatic N) is 4. The van der Waals surface area contributed by atoms with Crippen LogP contribution in [0.1, 0.15) is 18.3 Å². The number of rotatable bonds is 5. The van der Waals surface area contributed by atoms with Crippen molar-refractivity contribution in [3.63, 3.8) is 0 Å². The number of aryl methyl sites for hydroxylation is 1. The number of hydrogen-bond acceptors (Lipinski definition) is 5. The third-order valence-corrected chi connectivity index (χ3v) is 5.33. The largest absolute Gasteiger partial charge is 0.351 e. The summed E-state index contributed by atoms with van der Waals surface area (Å²) in [7, 11) is 0. The Morgan fingerprint density at radius 2 is 1.93 bits per heavy atom. The number of thioether (sulfide) groups is 1. The highest BCUT2D eigenvalue weighted by atomic mass is 32.2. The van der Waals surface area contributed by atoms with Crippen LogP contribution in [0.4, 0.5) is 4.39 Å². The molecule has 0 aliphatic heterocycles. The summed E-state index contributed by atoms with van der Waals surface area (Å²) in [6.07, 6.45) is 0. The van der Waals surface area contributed by atoms with Gasteiger partial charge in [-0.15, -0.1) is 5.10 Å². The van der Waals surface area contributed by atoms with E-state index in [1.165, 1.54) is 23.9 Å². The van der Waals surface area contributed by atoms with Crippen LogP contribution < -0.4 is 5.32 Å². The molecular formula is C20H18FN5OS. The van der Waals surface area contributed by atoms with E-state index in [0.29, 0.717) is 17.5 Å². The quantitative estimate of drug-likeness (QED) is 0.413. The van der Waals surface area contributed by atoms with Gasteiger partial charge in [0.15, 0.2) is 10.8 Å². The van der Waals surface area contributed by atoms with E-state index in [9.17, 15) is 9.18 Å². The second-order valence-corrected chi connectivity index (χ2v) is 7.72. The van der Waals surface area contributed by atoms with Crippen molar-refractivity contribution in [1.29, 1.82) is 0 Å². The second-order valence-electron chi connectivity index (χ2n) is 6.41. The zero-order valence-corrected chi connectivity index (χ0v) is 16.2. The van der Waals surface area contributed by atoms with Crippen molar-refractivity contribution >= 4 is 34.2 Å². The fourth-order valence-electron chi connectivity index (χ4n) is 2.86. The number of para-hydroxylation sites is 1. The molecule has 142 valence electrons. The summed E-state index contributed by atoms with van der Waals surface area (Å²) in [6, 6.07) is 13.8. The highest BCUT2D eigenvalue weighted by molar-refractivity contribution is 8.00. The second kappa shape index (κ2) is 7.55. The third-order valence-electron chi connectivity index (χ3n) is 4.29. The lowest BCUT2D eigenvalue weighted by Crippen LogP contribution is -2.30. The molecule has 2 aromatic carbocycles. The Labute approximate surface area is 165 Å². The van der Waals surface area contributed by atoms with E-state index >= 15 is 0 Å². The van der Waals surface area contributed by atoms with Crippen LogP contribution in [0.2, 0.25) is 0 Å². The maximum atomic E-state index is 13.0. The Hall–Kier alpha value is -3.00. The summed E-state index contributed by atoms with van der Waals surface area (Å²) in [5.74, 6) is 0.219. The summed E-state index contributed by atoms with van der Waals surface area (Å²) in [5, 5.41) is 8.45. The average molecular weight is 395 g/mol. The molecule has 0 aliphatic rings. The number of halogens is 1. The molecule has 0 spiro atoms. The minimum atomic E-state index is -0.387. The van der Waals surface area contributed by atoms with Gasteiger partial charge in [0, 0.05) is 11.9 Å². The van der Waals surface area contributed by atoms with Gasteiger partial charge in [0.2, 0.25) is 5.91 Å². The lowest BCUT2D eigenvalue weighted by atomic mass is 10.2. The van der Waals surface area contributed by atoms with Gasteiger partial charge >= 0.3 is 0 Å². The Morgan fingerprint density at radius 1 is 1.18 bits per heavy atom. The summed E-state index contributed by atoms with van der Waals surface area (Å²) in [5.41, 5.74) is 2.37. The molecule has 4 rings (SSSR count). The molecule has 2 heterocycles. The van der Waals surface area contributed by atoms with Crippen LogP contribution in [0.3, 0.4) is 0 Å². The van der Waals surface area contributed by atoms with Gasteiger partial charge < -0.3 is 5.32 Å². The maximum Gasteiger partial charge on any atom is 0.233 e. The van der Waals surface area contributed by atoms with Crippen LogP contribution in [0.15, 0.2) is 53.7 Å². The van der Waals surface area contributed by atoms with Crippen molar-refractivity contribution in [3.05, 3.63) is 65.7 Å². The number of nitrogens with one attached hydrogen (secondary N) is 1. The number of carbonyl (C=O) groups excluding carboxylic acids is 1. The predicted molar refractivity (Wildman–Crippen MR) is 107 cm³/mol. The first-order valence-corrected chi connectivity index (χ1v) is 9.70. The lowest BCUT2D eigenvalue weighted by Gasteiger charge is -2.13. The van der Waals surface area contributed by atoms with Gasteiger partial charge in [-0.25, -0.2) is 14.4 Å². The molecule has 1 unspecified atom stereocenters. The molecule has 6 nitrogen and oxygen atoms in total. The van der Waals surface area contributed by atoms with Crippen molar-refractivity contribution in [1.82, 2.24) is 24.9 Å². The number of aromatic nitrogens is 4. The smallest absolute Gasteiger partial charge is 0.233 e. The van der Waals surface area contributed by atoms with Gasteiger partial charge in [-0.3, -0.25) is 4.79 Å². The van der Waals surface area contributed by atoms with Crippen molar-refractivity contribution in [2.45, 2.75) is 30.8 Å². The van der Waals surface area contributed by atoms with Gasteiger partial charge in [-0.1, -0.05) is 36.0 Å². The molecule has 1 N–H and O–H groups in total. The molecule has 8 heteroatoms. The highest BCUT2D eigenvalue weighted by Crippen LogP contribution is 2.26. The van der Waals surface area contributed by atoms with Crippen molar-refractivity contribution in [2.24, 2.45) is 0 Å².